The molecule has 10 rings (SSSR count). The summed E-state index contributed by atoms with van der Waals surface area (Å²) in [5, 5.41) is 6.89. The van der Waals surface area contributed by atoms with Crippen LogP contribution < -0.4 is 0 Å². The van der Waals surface area contributed by atoms with E-state index in [2.05, 4.69) is 159 Å². The number of hydrogen-bond acceptors (Lipinski definition) is 4. The zero-order valence-corrected chi connectivity index (χ0v) is 28.3. The van der Waals surface area contributed by atoms with Crippen molar-refractivity contribution in [1.82, 2.24) is 19.9 Å². The van der Waals surface area contributed by atoms with Crippen molar-refractivity contribution < 1.29 is 0 Å². The lowest BCUT2D eigenvalue weighted by Crippen LogP contribution is -2.15. The quantitative estimate of drug-likeness (QED) is 0.190. The van der Waals surface area contributed by atoms with E-state index in [0.29, 0.717) is 17.5 Å². The van der Waals surface area contributed by atoms with Crippen molar-refractivity contribution in [1.29, 1.82) is 0 Å². The lowest BCUT2D eigenvalue weighted by atomic mass is 9.82. The summed E-state index contributed by atoms with van der Waals surface area (Å²) in [4.78, 5) is 20.2. The van der Waals surface area contributed by atoms with Gasteiger partial charge >= 0.3 is 0 Å². The molecule has 9 aromatic rings. The molecule has 2 aromatic heterocycles. The SMILES string of the molecule is CC1(C)c2ccccc2-c2ccc(-c3nc(-c4ccc5ccccc5c4)nc(-c4ccc5ccc(-c6cc7ccccc7cn6)cc5c4)n3)cc21. The fourth-order valence-corrected chi connectivity index (χ4v) is 7.72. The highest BCUT2D eigenvalue weighted by molar-refractivity contribution is 5.92. The van der Waals surface area contributed by atoms with Gasteiger partial charge in [-0.15, -0.1) is 0 Å². The Hall–Kier alpha value is -6.52. The third-order valence-corrected chi connectivity index (χ3v) is 10.5. The van der Waals surface area contributed by atoms with Crippen molar-refractivity contribution in [2.24, 2.45) is 0 Å². The van der Waals surface area contributed by atoms with E-state index in [9.17, 15) is 0 Å². The van der Waals surface area contributed by atoms with Crippen LogP contribution in [-0.2, 0) is 5.41 Å². The second kappa shape index (κ2) is 11.3. The van der Waals surface area contributed by atoms with Crippen molar-refractivity contribution in [3.63, 3.8) is 0 Å². The van der Waals surface area contributed by atoms with Gasteiger partial charge in [0.05, 0.1) is 5.69 Å². The number of pyridine rings is 1. The van der Waals surface area contributed by atoms with E-state index in [0.717, 1.165) is 49.5 Å². The molecule has 4 heteroatoms. The molecule has 0 spiro atoms. The largest absolute Gasteiger partial charge is 0.256 e. The Morgan fingerprint density at radius 3 is 1.59 bits per heavy atom. The van der Waals surface area contributed by atoms with E-state index in [1.165, 1.54) is 33.0 Å². The monoisotopic (exact) mass is 652 g/mol. The molecule has 0 fully saturated rings. The van der Waals surface area contributed by atoms with Crippen LogP contribution in [0.4, 0.5) is 0 Å². The Labute approximate surface area is 296 Å². The molecule has 1 aliphatic carbocycles. The number of aromatic nitrogens is 4. The maximum atomic E-state index is 5.17. The first-order valence-corrected chi connectivity index (χ1v) is 17.4. The number of rotatable bonds is 4. The second-order valence-corrected chi connectivity index (χ2v) is 14.0. The topological polar surface area (TPSA) is 51.6 Å². The summed E-state index contributed by atoms with van der Waals surface area (Å²) in [6.07, 6.45) is 1.95. The first-order valence-electron chi connectivity index (χ1n) is 17.4. The lowest BCUT2D eigenvalue weighted by molar-refractivity contribution is 0.660. The third kappa shape index (κ3) is 4.91. The Morgan fingerprint density at radius 1 is 0.373 bits per heavy atom. The highest BCUT2D eigenvalue weighted by atomic mass is 15.0. The van der Waals surface area contributed by atoms with Gasteiger partial charge in [0.1, 0.15) is 0 Å². The van der Waals surface area contributed by atoms with Crippen LogP contribution in [0.3, 0.4) is 0 Å². The van der Waals surface area contributed by atoms with Crippen LogP contribution in [0.2, 0.25) is 0 Å². The average Bonchev–Trinajstić information content (AvgIpc) is 3.42. The Balaban J connectivity index is 1.12. The fraction of sp³-hybridized carbons (Fsp3) is 0.0638. The summed E-state index contributed by atoms with van der Waals surface area (Å²) in [5.74, 6) is 1.95. The molecule has 0 atom stereocenters. The Morgan fingerprint density at radius 2 is 0.863 bits per heavy atom. The van der Waals surface area contributed by atoms with Crippen LogP contribution in [0.25, 0.3) is 88.9 Å². The van der Waals surface area contributed by atoms with Crippen LogP contribution in [0, 0.1) is 0 Å². The molecule has 7 aromatic carbocycles. The smallest absolute Gasteiger partial charge is 0.164 e. The molecule has 1 aliphatic rings. The minimum atomic E-state index is -0.130. The van der Waals surface area contributed by atoms with Crippen molar-refractivity contribution in [2.45, 2.75) is 19.3 Å². The zero-order valence-electron chi connectivity index (χ0n) is 28.3. The van der Waals surface area contributed by atoms with E-state index >= 15 is 0 Å². The highest BCUT2D eigenvalue weighted by Gasteiger charge is 2.35. The van der Waals surface area contributed by atoms with E-state index in [-0.39, 0.29) is 5.41 Å². The van der Waals surface area contributed by atoms with E-state index < -0.39 is 0 Å². The molecule has 0 bridgehead atoms. The molecule has 0 unspecified atom stereocenters. The predicted molar refractivity (Wildman–Crippen MR) is 209 cm³/mol. The van der Waals surface area contributed by atoms with E-state index in [1.54, 1.807) is 0 Å². The molecule has 2 heterocycles. The van der Waals surface area contributed by atoms with Gasteiger partial charge in [-0.2, -0.15) is 0 Å². The summed E-state index contributed by atoms with van der Waals surface area (Å²) in [6, 6.07) is 53.7. The molecule has 0 radical (unpaired) electrons. The maximum Gasteiger partial charge on any atom is 0.164 e. The number of benzene rings is 7. The van der Waals surface area contributed by atoms with Gasteiger partial charge in [-0.05, 0) is 79.5 Å². The standard InChI is InChI=1S/C47H32N4/c1-47(2)41-14-8-7-13-39(41)40-22-21-36(26-42(40)47)46-50-44(34-19-16-29-9-3-4-10-31(29)23-34)49-45(51-46)35-20-17-30-15-18-33(24-38(30)25-35)43-27-32-11-5-6-12-37(32)28-48-43/h3-28H,1-2H3. The fourth-order valence-electron chi connectivity index (χ4n) is 7.72. The first-order chi connectivity index (χ1) is 25.0. The number of hydrogen-bond donors (Lipinski definition) is 0. The van der Waals surface area contributed by atoms with Gasteiger partial charge in [0.2, 0.25) is 0 Å². The Kier molecular flexibility index (Phi) is 6.49. The van der Waals surface area contributed by atoms with E-state index in [4.69, 9.17) is 19.9 Å². The highest BCUT2D eigenvalue weighted by Crippen LogP contribution is 2.49. The zero-order chi connectivity index (χ0) is 34.1. The number of nitrogens with zero attached hydrogens (tertiary/aromatic N) is 4. The minimum Gasteiger partial charge on any atom is -0.256 e. The van der Waals surface area contributed by atoms with Crippen molar-refractivity contribution >= 4 is 32.3 Å². The molecular formula is C47H32N4. The van der Waals surface area contributed by atoms with Crippen molar-refractivity contribution in [3.05, 3.63) is 169 Å². The van der Waals surface area contributed by atoms with Crippen LogP contribution in [0.1, 0.15) is 25.0 Å². The maximum absolute atomic E-state index is 5.17. The summed E-state index contributed by atoms with van der Waals surface area (Å²) < 4.78 is 0. The average molecular weight is 653 g/mol. The Bertz CT molecular complexity index is 2850. The van der Waals surface area contributed by atoms with Gasteiger partial charge in [-0.1, -0.05) is 135 Å². The third-order valence-electron chi connectivity index (χ3n) is 10.5. The van der Waals surface area contributed by atoms with Gasteiger partial charge < -0.3 is 0 Å². The summed E-state index contributed by atoms with van der Waals surface area (Å²) >= 11 is 0. The van der Waals surface area contributed by atoms with E-state index in [1.807, 2.05) is 12.3 Å². The van der Waals surface area contributed by atoms with Crippen molar-refractivity contribution in [2.75, 3.05) is 0 Å². The summed E-state index contributed by atoms with van der Waals surface area (Å²) in [7, 11) is 0. The van der Waals surface area contributed by atoms with Gasteiger partial charge in [0.25, 0.3) is 0 Å². The molecule has 0 amide bonds. The van der Waals surface area contributed by atoms with Crippen LogP contribution in [0.5, 0.6) is 0 Å². The molecule has 51 heavy (non-hydrogen) atoms. The second-order valence-electron chi connectivity index (χ2n) is 14.0. The minimum absolute atomic E-state index is 0.130. The lowest BCUT2D eigenvalue weighted by Gasteiger charge is -2.21. The molecule has 4 nitrogen and oxygen atoms in total. The van der Waals surface area contributed by atoms with Crippen LogP contribution in [0.15, 0.2) is 158 Å². The first kappa shape index (κ1) is 29.4. The van der Waals surface area contributed by atoms with Gasteiger partial charge in [-0.3, -0.25) is 4.98 Å². The normalized spacial score (nSPS) is 13.1. The molecule has 0 saturated carbocycles. The molecule has 240 valence electrons. The molecule has 0 aliphatic heterocycles. The van der Waals surface area contributed by atoms with Gasteiger partial charge in [0, 0.05) is 39.3 Å². The van der Waals surface area contributed by atoms with Gasteiger partial charge in [-0.25, -0.2) is 15.0 Å². The van der Waals surface area contributed by atoms with Gasteiger partial charge in [0.15, 0.2) is 17.5 Å². The molecule has 0 N–H and O–H groups in total. The van der Waals surface area contributed by atoms with Crippen LogP contribution >= 0.6 is 0 Å². The van der Waals surface area contributed by atoms with Crippen LogP contribution in [-0.4, -0.2) is 19.9 Å². The molecule has 0 saturated heterocycles. The summed E-state index contributed by atoms with van der Waals surface area (Å²) in [5.41, 5.74) is 9.96. The molecular weight excluding hydrogens is 621 g/mol. The summed E-state index contributed by atoms with van der Waals surface area (Å²) in [6.45, 7) is 4.61. The number of fused-ring (bicyclic) bond motifs is 6. The predicted octanol–water partition coefficient (Wildman–Crippen LogP) is 11.7. The van der Waals surface area contributed by atoms with Crippen molar-refractivity contribution in [3.8, 4) is 56.5 Å².